The first kappa shape index (κ1) is 16.0. The van der Waals surface area contributed by atoms with Crippen LogP contribution in [0, 0.1) is 5.82 Å². The molecule has 1 amide bonds. The number of benzene rings is 2. The van der Waals surface area contributed by atoms with E-state index in [1.54, 1.807) is 12.1 Å². The highest BCUT2D eigenvalue weighted by Gasteiger charge is 2.12. The average molecular weight is 303 g/mol. The smallest absolute Gasteiger partial charge is 0.279 e. The quantitative estimate of drug-likeness (QED) is 0.849. The molecule has 2 aromatic carbocycles. The summed E-state index contributed by atoms with van der Waals surface area (Å²) in [5, 5.41) is 2.83. The number of para-hydroxylation sites is 1. The minimum Gasteiger partial charge on any atom is -0.494 e. The van der Waals surface area contributed by atoms with E-state index in [0.29, 0.717) is 13.1 Å². The van der Waals surface area contributed by atoms with Crippen LogP contribution in [0.2, 0.25) is 0 Å². The van der Waals surface area contributed by atoms with Crippen LogP contribution in [0.3, 0.4) is 0 Å². The highest BCUT2D eigenvalue weighted by Crippen LogP contribution is 2.17. The molecule has 0 radical (unpaired) electrons. The van der Waals surface area contributed by atoms with Crippen molar-refractivity contribution in [1.29, 1.82) is 0 Å². The molecule has 0 aliphatic rings. The van der Waals surface area contributed by atoms with Crippen molar-refractivity contribution in [2.45, 2.75) is 6.54 Å². The number of halogens is 1. The third-order valence-electron chi connectivity index (χ3n) is 3.24. The lowest BCUT2D eigenvalue weighted by atomic mass is 10.2. The van der Waals surface area contributed by atoms with Crippen LogP contribution in [0.4, 0.5) is 10.1 Å². The number of likely N-dealkylation sites (N-methyl/N-ethyl adjacent to an activating group) is 1. The molecule has 0 saturated heterocycles. The summed E-state index contributed by atoms with van der Waals surface area (Å²) in [4.78, 5) is 12.9. The maximum Gasteiger partial charge on any atom is 0.279 e. The summed E-state index contributed by atoms with van der Waals surface area (Å²) < 4.78 is 18.5. The van der Waals surface area contributed by atoms with Gasteiger partial charge < -0.3 is 15.0 Å². The van der Waals surface area contributed by atoms with Crippen LogP contribution in [-0.2, 0) is 11.3 Å². The van der Waals surface area contributed by atoms with Gasteiger partial charge in [-0.05, 0) is 30.3 Å². The van der Waals surface area contributed by atoms with Crippen LogP contribution in [-0.4, -0.2) is 26.6 Å². The number of nitrogens with one attached hydrogen (secondary N) is 2. The maximum absolute atomic E-state index is 13.6. The Hall–Kier alpha value is -2.40. The Bertz CT molecular complexity index is 632. The normalized spacial score (nSPS) is 11.8. The van der Waals surface area contributed by atoms with Crippen LogP contribution in [0.5, 0.6) is 5.75 Å². The van der Waals surface area contributed by atoms with Gasteiger partial charge in [0.05, 0.1) is 14.2 Å². The lowest BCUT2D eigenvalue weighted by Crippen LogP contribution is -3.08. The van der Waals surface area contributed by atoms with E-state index in [9.17, 15) is 9.18 Å². The SMILES string of the molecule is COc1ccc(C[NH+](C)CC(=O)Nc2ccccc2)cc1F. The van der Waals surface area contributed by atoms with E-state index in [1.165, 1.54) is 13.2 Å². The molecule has 0 aliphatic heterocycles. The molecule has 116 valence electrons. The van der Waals surface area contributed by atoms with Gasteiger partial charge in [0, 0.05) is 11.3 Å². The number of ether oxygens (including phenoxy) is 1. The first-order valence-electron chi connectivity index (χ1n) is 7.07. The van der Waals surface area contributed by atoms with Crippen LogP contribution in [0.15, 0.2) is 48.5 Å². The van der Waals surface area contributed by atoms with Gasteiger partial charge in [0.15, 0.2) is 18.1 Å². The van der Waals surface area contributed by atoms with Crippen LogP contribution < -0.4 is 15.0 Å². The van der Waals surface area contributed by atoms with E-state index >= 15 is 0 Å². The average Bonchev–Trinajstić information content (AvgIpc) is 2.48. The Morgan fingerprint density at radius 1 is 1.23 bits per heavy atom. The molecule has 0 saturated carbocycles. The summed E-state index contributed by atoms with van der Waals surface area (Å²) in [5.41, 5.74) is 1.60. The van der Waals surface area contributed by atoms with Gasteiger partial charge in [0.1, 0.15) is 6.54 Å². The lowest BCUT2D eigenvalue weighted by molar-refractivity contribution is -0.885. The van der Waals surface area contributed by atoms with Gasteiger partial charge in [-0.3, -0.25) is 4.79 Å². The van der Waals surface area contributed by atoms with Crippen LogP contribution in [0.25, 0.3) is 0 Å². The molecule has 0 aliphatic carbocycles. The van der Waals surface area contributed by atoms with E-state index in [4.69, 9.17) is 4.74 Å². The Kier molecular flexibility index (Phi) is 5.49. The molecule has 4 nitrogen and oxygen atoms in total. The fourth-order valence-electron chi connectivity index (χ4n) is 2.23. The highest BCUT2D eigenvalue weighted by atomic mass is 19.1. The van der Waals surface area contributed by atoms with Gasteiger partial charge in [-0.1, -0.05) is 18.2 Å². The molecule has 22 heavy (non-hydrogen) atoms. The minimum atomic E-state index is -0.387. The van der Waals surface area contributed by atoms with Crippen molar-refractivity contribution in [2.24, 2.45) is 0 Å². The van der Waals surface area contributed by atoms with Crippen molar-refractivity contribution in [3.05, 3.63) is 59.9 Å². The molecule has 2 N–H and O–H groups in total. The standard InChI is InChI=1S/C17H19FN2O2/c1-20(11-13-8-9-16(22-2)15(18)10-13)12-17(21)19-14-6-4-3-5-7-14/h3-10H,11-12H2,1-2H3,(H,19,21)/p+1. The topological polar surface area (TPSA) is 42.8 Å². The largest absolute Gasteiger partial charge is 0.494 e. The number of carbonyl (C=O) groups is 1. The summed E-state index contributed by atoms with van der Waals surface area (Å²) in [6.07, 6.45) is 0. The number of methoxy groups -OCH3 is 1. The van der Waals surface area contributed by atoms with Gasteiger partial charge >= 0.3 is 0 Å². The van der Waals surface area contributed by atoms with Crippen LogP contribution >= 0.6 is 0 Å². The molecule has 0 bridgehead atoms. The molecule has 1 atom stereocenters. The fraction of sp³-hybridized carbons (Fsp3) is 0.235. The van der Waals surface area contributed by atoms with Crippen molar-refractivity contribution in [1.82, 2.24) is 0 Å². The fourth-order valence-corrected chi connectivity index (χ4v) is 2.23. The molecule has 0 aromatic heterocycles. The van der Waals surface area contributed by atoms with Crippen LogP contribution in [0.1, 0.15) is 5.56 Å². The first-order valence-corrected chi connectivity index (χ1v) is 7.07. The summed E-state index contributed by atoms with van der Waals surface area (Å²) in [5.74, 6) is -0.234. The van der Waals surface area contributed by atoms with Crippen molar-refractivity contribution >= 4 is 11.6 Å². The van der Waals surface area contributed by atoms with Gasteiger partial charge in [-0.25, -0.2) is 4.39 Å². The van der Waals surface area contributed by atoms with Gasteiger partial charge in [-0.2, -0.15) is 0 Å². The van der Waals surface area contributed by atoms with Gasteiger partial charge in [-0.15, -0.1) is 0 Å². The molecule has 0 spiro atoms. The summed E-state index contributed by atoms with van der Waals surface area (Å²) in [6.45, 7) is 0.867. The number of quaternary nitrogens is 1. The maximum atomic E-state index is 13.6. The van der Waals surface area contributed by atoms with E-state index in [0.717, 1.165) is 16.2 Å². The Labute approximate surface area is 129 Å². The van der Waals surface area contributed by atoms with Gasteiger partial charge in [0.2, 0.25) is 0 Å². The molecule has 1 unspecified atom stereocenters. The summed E-state index contributed by atoms with van der Waals surface area (Å²) in [6, 6.07) is 14.2. The zero-order valence-electron chi connectivity index (χ0n) is 12.7. The van der Waals surface area contributed by atoms with Gasteiger partial charge in [0.25, 0.3) is 5.91 Å². The monoisotopic (exact) mass is 303 g/mol. The van der Waals surface area contributed by atoms with E-state index in [2.05, 4.69) is 5.32 Å². The lowest BCUT2D eigenvalue weighted by Gasteiger charge is -2.14. The summed E-state index contributed by atoms with van der Waals surface area (Å²) in [7, 11) is 3.33. The Morgan fingerprint density at radius 2 is 1.95 bits per heavy atom. The third-order valence-corrected chi connectivity index (χ3v) is 3.24. The third kappa shape index (κ3) is 4.56. The molecule has 0 heterocycles. The number of anilines is 1. The predicted octanol–water partition coefficient (Wildman–Crippen LogP) is 1.49. The second-order valence-corrected chi connectivity index (χ2v) is 5.19. The molecular formula is C17H20FN2O2+. The second kappa shape index (κ2) is 7.56. The molecule has 2 aromatic rings. The number of carbonyl (C=O) groups excluding carboxylic acids is 1. The first-order chi connectivity index (χ1) is 10.6. The Balaban J connectivity index is 1.88. The van der Waals surface area contributed by atoms with Crippen molar-refractivity contribution in [3.8, 4) is 5.75 Å². The zero-order chi connectivity index (χ0) is 15.9. The number of amides is 1. The molecule has 5 heteroatoms. The molecule has 2 rings (SSSR count). The number of rotatable bonds is 6. The highest BCUT2D eigenvalue weighted by molar-refractivity contribution is 5.91. The predicted molar refractivity (Wildman–Crippen MR) is 83.5 cm³/mol. The van der Waals surface area contributed by atoms with E-state index < -0.39 is 0 Å². The minimum absolute atomic E-state index is 0.0716. The van der Waals surface area contributed by atoms with Crippen molar-refractivity contribution in [3.63, 3.8) is 0 Å². The number of hydrogen-bond acceptors (Lipinski definition) is 2. The molecular weight excluding hydrogens is 283 g/mol. The molecule has 0 fully saturated rings. The van der Waals surface area contributed by atoms with E-state index in [1.807, 2.05) is 37.4 Å². The van der Waals surface area contributed by atoms with Crippen molar-refractivity contribution < 1.29 is 18.8 Å². The summed E-state index contributed by atoms with van der Waals surface area (Å²) >= 11 is 0. The zero-order valence-corrected chi connectivity index (χ0v) is 12.7. The number of hydrogen-bond donors (Lipinski definition) is 2. The Morgan fingerprint density at radius 3 is 2.59 bits per heavy atom. The van der Waals surface area contributed by atoms with Crippen molar-refractivity contribution in [2.75, 3.05) is 26.0 Å². The second-order valence-electron chi connectivity index (χ2n) is 5.19. The van der Waals surface area contributed by atoms with E-state index in [-0.39, 0.29) is 17.5 Å².